The van der Waals surface area contributed by atoms with Crippen molar-refractivity contribution in [1.82, 2.24) is 15.8 Å². The number of halogens is 1. The van der Waals surface area contributed by atoms with Gasteiger partial charge in [0.1, 0.15) is 5.82 Å². The molecule has 0 spiro atoms. The molecule has 0 bridgehead atoms. The molecule has 2 aliphatic rings. The van der Waals surface area contributed by atoms with Crippen molar-refractivity contribution < 1.29 is 14.3 Å². The normalized spacial score (nSPS) is 22.8. The van der Waals surface area contributed by atoms with E-state index in [9.17, 15) is 14.3 Å². The van der Waals surface area contributed by atoms with Gasteiger partial charge in [-0.15, -0.1) is 0 Å². The number of rotatable bonds is 4. The van der Waals surface area contributed by atoms with Gasteiger partial charge in [0.05, 0.1) is 12.1 Å². The molecule has 2 heterocycles. The number of hydrogen-bond donors (Lipinski definition) is 3. The predicted octanol–water partition coefficient (Wildman–Crippen LogP) is 2.53. The van der Waals surface area contributed by atoms with Crippen LogP contribution < -0.4 is 10.9 Å². The maximum Gasteiger partial charge on any atom is 0.254 e. The number of nitrogens with one attached hydrogen (secondary N) is 2. The Balaban J connectivity index is 1.63. The Morgan fingerprint density at radius 3 is 2.64 bits per heavy atom. The van der Waals surface area contributed by atoms with E-state index in [4.69, 9.17) is 0 Å². The molecule has 1 unspecified atom stereocenters. The Morgan fingerprint density at radius 1 is 1.18 bits per heavy atom. The summed E-state index contributed by atoms with van der Waals surface area (Å²) in [5.41, 5.74) is 9.76. The van der Waals surface area contributed by atoms with Crippen molar-refractivity contribution in [2.45, 2.75) is 37.8 Å². The van der Waals surface area contributed by atoms with Crippen molar-refractivity contribution >= 4 is 5.91 Å². The molecule has 2 aliphatic heterocycles. The molecule has 0 aliphatic carbocycles. The summed E-state index contributed by atoms with van der Waals surface area (Å²) in [7, 11) is 0. The molecule has 148 valence electrons. The number of aliphatic hydroxyl groups excluding tert-OH is 1. The second-order valence-corrected chi connectivity index (χ2v) is 7.61. The Hall–Kier alpha value is -2.28. The van der Waals surface area contributed by atoms with Crippen LogP contribution in [-0.4, -0.2) is 41.7 Å². The number of aryl methyl sites for hydroxylation is 1. The molecule has 2 aromatic rings. The van der Waals surface area contributed by atoms with Gasteiger partial charge in [0, 0.05) is 36.7 Å². The zero-order chi connectivity index (χ0) is 19.7. The van der Waals surface area contributed by atoms with E-state index in [1.54, 1.807) is 23.1 Å². The lowest BCUT2D eigenvalue weighted by Crippen LogP contribution is -2.32. The lowest BCUT2D eigenvalue weighted by atomic mass is 9.91. The van der Waals surface area contributed by atoms with E-state index in [0.717, 1.165) is 25.1 Å². The number of carbonyl (C=O) groups excluding carboxylic acids is 1. The van der Waals surface area contributed by atoms with E-state index in [-0.39, 0.29) is 18.3 Å². The van der Waals surface area contributed by atoms with Crippen molar-refractivity contribution in [2.75, 3.05) is 19.6 Å². The topological polar surface area (TPSA) is 64.6 Å². The third kappa shape index (κ3) is 3.55. The number of hydrazine groups is 1. The van der Waals surface area contributed by atoms with Crippen LogP contribution in [-0.2, 0) is 6.42 Å². The molecule has 5 nitrogen and oxygen atoms in total. The summed E-state index contributed by atoms with van der Waals surface area (Å²) >= 11 is 0. The highest BCUT2D eigenvalue weighted by Gasteiger charge is 2.37. The van der Waals surface area contributed by atoms with E-state index in [1.807, 2.05) is 18.2 Å². The number of nitrogens with zero attached hydrogens (tertiary/aromatic N) is 1. The molecule has 1 amide bonds. The Labute approximate surface area is 164 Å². The van der Waals surface area contributed by atoms with Gasteiger partial charge in [-0.25, -0.2) is 4.39 Å². The predicted molar refractivity (Wildman–Crippen MR) is 105 cm³/mol. The minimum absolute atomic E-state index is 0.159. The molecule has 0 radical (unpaired) electrons. The average Bonchev–Trinajstić information content (AvgIpc) is 3.37. The third-order valence-corrected chi connectivity index (χ3v) is 5.84. The summed E-state index contributed by atoms with van der Waals surface area (Å²) in [6, 6.07) is 11.9. The van der Waals surface area contributed by atoms with E-state index in [1.165, 1.54) is 11.6 Å². The first-order valence-corrected chi connectivity index (χ1v) is 9.90. The largest absolute Gasteiger partial charge is 0.391 e. The quantitative estimate of drug-likeness (QED) is 0.759. The van der Waals surface area contributed by atoms with Crippen LogP contribution in [0, 0.1) is 5.82 Å². The van der Waals surface area contributed by atoms with Gasteiger partial charge < -0.3 is 10.0 Å². The van der Waals surface area contributed by atoms with Gasteiger partial charge in [-0.05, 0) is 42.2 Å². The van der Waals surface area contributed by atoms with Crippen LogP contribution in [0.4, 0.5) is 4.39 Å². The second-order valence-electron chi connectivity index (χ2n) is 7.61. The molecule has 2 saturated heterocycles. The molecular weight excluding hydrogens is 357 g/mol. The number of hydrogen-bond acceptors (Lipinski definition) is 4. The van der Waals surface area contributed by atoms with Gasteiger partial charge >= 0.3 is 0 Å². The summed E-state index contributed by atoms with van der Waals surface area (Å²) in [5, 5.41) is 10.2. The summed E-state index contributed by atoms with van der Waals surface area (Å²) in [5.74, 6) is -0.113. The van der Waals surface area contributed by atoms with Crippen LogP contribution in [0.1, 0.15) is 52.4 Å². The first-order valence-electron chi connectivity index (χ1n) is 9.90. The van der Waals surface area contributed by atoms with Crippen molar-refractivity contribution in [2.24, 2.45) is 0 Å². The molecule has 2 atom stereocenters. The highest BCUT2D eigenvalue weighted by molar-refractivity contribution is 5.95. The summed E-state index contributed by atoms with van der Waals surface area (Å²) in [6.07, 6.45) is 0.547. The maximum absolute atomic E-state index is 14.3. The molecule has 4 rings (SSSR count). The van der Waals surface area contributed by atoms with Crippen LogP contribution in [0.15, 0.2) is 42.5 Å². The number of aliphatic hydroxyl groups is 1. The third-order valence-electron chi connectivity index (χ3n) is 5.84. The molecule has 2 aromatic carbocycles. The van der Waals surface area contributed by atoms with Crippen LogP contribution in [0.3, 0.4) is 0 Å². The zero-order valence-electron chi connectivity index (χ0n) is 16.0. The molecule has 0 saturated carbocycles. The SMILES string of the molecule is CCc1cc(C(=O)N2CC(O)C[C@@H]2c2ccccc2F)ccc1C1CNNC1. The second kappa shape index (κ2) is 7.99. The number of amides is 1. The maximum atomic E-state index is 14.3. The van der Waals surface area contributed by atoms with Gasteiger partial charge in [0.25, 0.3) is 5.91 Å². The number of likely N-dealkylation sites (tertiary alicyclic amines) is 1. The number of β-amino-alcohol motifs (C(OH)–C–C–N with tert-alkyl or cyclic N) is 1. The minimum atomic E-state index is -0.644. The van der Waals surface area contributed by atoms with Gasteiger partial charge in [-0.3, -0.25) is 15.6 Å². The first-order chi connectivity index (χ1) is 13.6. The molecule has 6 heteroatoms. The Kier molecular flexibility index (Phi) is 5.44. The van der Waals surface area contributed by atoms with Gasteiger partial charge in [-0.2, -0.15) is 0 Å². The number of carbonyl (C=O) groups is 1. The monoisotopic (exact) mass is 383 g/mol. The summed E-state index contributed by atoms with van der Waals surface area (Å²) in [4.78, 5) is 14.9. The van der Waals surface area contributed by atoms with E-state index < -0.39 is 12.1 Å². The minimum Gasteiger partial charge on any atom is -0.391 e. The lowest BCUT2D eigenvalue weighted by molar-refractivity contribution is 0.0714. The summed E-state index contributed by atoms with van der Waals surface area (Å²) < 4.78 is 14.3. The standard InChI is InChI=1S/C22H26FN3O2/c1-2-14-9-15(7-8-18(14)16-11-24-25-12-16)22(28)26-13-17(27)10-21(26)19-5-3-4-6-20(19)23/h3-9,16-17,21,24-25,27H,2,10-13H2,1H3/t17?,21-/m1/s1. The van der Waals surface area contributed by atoms with Gasteiger partial charge in [0.15, 0.2) is 0 Å². The van der Waals surface area contributed by atoms with Crippen molar-refractivity contribution in [1.29, 1.82) is 0 Å². The average molecular weight is 383 g/mol. The van der Waals surface area contributed by atoms with Gasteiger partial charge in [-0.1, -0.05) is 31.2 Å². The Morgan fingerprint density at radius 2 is 1.93 bits per heavy atom. The molecule has 3 N–H and O–H groups in total. The molecule has 2 fully saturated rings. The fraction of sp³-hybridized carbons (Fsp3) is 0.409. The van der Waals surface area contributed by atoms with E-state index >= 15 is 0 Å². The van der Waals surface area contributed by atoms with Crippen LogP contribution >= 0.6 is 0 Å². The van der Waals surface area contributed by atoms with Crippen molar-refractivity contribution in [3.8, 4) is 0 Å². The fourth-order valence-electron chi connectivity index (χ4n) is 4.37. The number of benzene rings is 2. The van der Waals surface area contributed by atoms with E-state index in [2.05, 4.69) is 17.8 Å². The highest BCUT2D eigenvalue weighted by atomic mass is 19.1. The highest BCUT2D eigenvalue weighted by Crippen LogP contribution is 2.35. The first kappa shape index (κ1) is 19.1. The van der Waals surface area contributed by atoms with Crippen molar-refractivity contribution in [3.63, 3.8) is 0 Å². The smallest absolute Gasteiger partial charge is 0.254 e. The summed E-state index contributed by atoms with van der Waals surface area (Å²) in [6.45, 7) is 4.05. The fourth-order valence-corrected chi connectivity index (χ4v) is 4.37. The van der Waals surface area contributed by atoms with E-state index in [0.29, 0.717) is 23.5 Å². The zero-order valence-corrected chi connectivity index (χ0v) is 16.0. The Bertz CT molecular complexity index is 867. The molecule has 28 heavy (non-hydrogen) atoms. The van der Waals surface area contributed by atoms with Crippen LogP contribution in [0.25, 0.3) is 0 Å². The molecular formula is C22H26FN3O2. The van der Waals surface area contributed by atoms with Gasteiger partial charge in [0.2, 0.25) is 0 Å². The lowest BCUT2D eigenvalue weighted by Gasteiger charge is -2.26. The van der Waals surface area contributed by atoms with Crippen molar-refractivity contribution in [3.05, 3.63) is 70.5 Å². The van der Waals surface area contributed by atoms with Crippen LogP contribution in [0.5, 0.6) is 0 Å². The molecule has 0 aromatic heterocycles. The van der Waals surface area contributed by atoms with Crippen LogP contribution in [0.2, 0.25) is 0 Å².